The van der Waals surface area contributed by atoms with Crippen LogP contribution >= 0.6 is 22.9 Å². The Bertz CT molecular complexity index is 737. The molecule has 126 valence electrons. The maximum absolute atomic E-state index is 12.2. The third kappa shape index (κ3) is 3.68. The zero-order valence-corrected chi connectivity index (χ0v) is 14.2. The molecule has 2 aromatic rings. The highest BCUT2D eigenvalue weighted by atomic mass is 35.5. The van der Waals surface area contributed by atoms with Crippen LogP contribution in [0.3, 0.4) is 0 Å². The number of carbonyl (C=O) groups excluding carboxylic acids is 1. The number of thiazole rings is 1. The number of carbonyl (C=O) groups is 2. The summed E-state index contributed by atoms with van der Waals surface area (Å²) in [6.07, 6.45) is 1.06. The maximum atomic E-state index is 12.2. The monoisotopic (exact) mass is 366 g/mol. The van der Waals surface area contributed by atoms with Gasteiger partial charge in [0.15, 0.2) is 4.47 Å². The van der Waals surface area contributed by atoms with E-state index in [4.69, 9.17) is 16.3 Å². The van der Waals surface area contributed by atoms with Gasteiger partial charge in [0.2, 0.25) is 0 Å². The van der Waals surface area contributed by atoms with E-state index in [0.29, 0.717) is 4.47 Å². The van der Waals surface area contributed by atoms with Crippen molar-refractivity contribution in [2.24, 2.45) is 5.92 Å². The van der Waals surface area contributed by atoms with Crippen LogP contribution in [0.15, 0.2) is 36.5 Å². The van der Waals surface area contributed by atoms with E-state index in [0.717, 1.165) is 10.4 Å². The molecule has 2 heterocycles. The molecule has 1 N–H and O–H groups in total. The molecule has 2 atom stereocenters. The van der Waals surface area contributed by atoms with Gasteiger partial charge >= 0.3 is 12.1 Å². The van der Waals surface area contributed by atoms with Crippen molar-refractivity contribution < 1.29 is 19.4 Å². The van der Waals surface area contributed by atoms with Crippen molar-refractivity contribution in [3.05, 3.63) is 51.4 Å². The Morgan fingerprint density at radius 2 is 2.08 bits per heavy atom. The van der Waals surface area contributed by atoms with Gasteiger partial charge in [0, 0.05) is 30.1 Å². The van der Waals surface area contributed by atoms with Gasteiger partial charge in [-0.1, -0.05) is 41.9 Å². The van der Waals surface area contributed by atoms with Gasteiger partial charge in [0.1, 0.15) is 6.61 Å². The summed E-state index contributed by atoms with van der Waals surface area (Å²) in [6.45, 7) is 0.553. The van der Waals surface area contributed by atoms with Crippen LogP contribution in [0.25, 0.3) is 0 Å². The molecule has 0 spiro atoms. The van der Waals surface area contributed by atoms with Crippen molar-refractivity contribution in [3.8, 4) is 0 Å². The summed E-state index contributed by atoms with van der Waals surface area (Å²) in [4.78, 5) is 29.9. The van der Waals surface area contributed by atoms with E-state index >= 15 is 0 Å². The van der Waals surface area contributed by atoms with E-state index < -0.39 is 18.0 Å². The predicted octanol–water partition coefficient (Wildman–Crippen LogP) is 3.23. The van der Waals surface area contributed by atoms with Crippen molar-refractivity contribution in [3.63, 3.8) is 0 Å². The minimum atomic E-state index is -0.942. The quantitative estimate of drug-likeness (QED) is 0.898. The van der Waals surface area contributed by atoms with Crippen molar-refractivity contribution >= 4 is 35.0 Å². The average Bonchev–Trinajstić information content (AvgIpc) is 3.20. The Morgan fingerprint density at radius 3 is 2.71 bits per heavy atom. The minimum Gasteiger partial charge on any atom is -0.481 e. The van der Waals surface area contributed by atoms with Crippen LogP contribution < -0.4 is 0 Å². The van der Waals surface area contributed by atoms with E-state index in [1.165, 1.54) is 16.2 Å². The molecular weight excluding hydrogens is 352 g/mol. The van der Waals surface area contributed by atoms with Gasteiger partial charge in [0.05, 0.1) is 5.92 Å². The van der Waals surface area contributed by atoms with Crippen LogP contribution in [0.1, 0.15) is 16.4 Å². The number of halogens is 1. The molecule has 2 unspecified atom stereocenters. The Kier molecular flexibility index (Phi) is 5.01. The SMILES string of the molecule is O=C(O)C1CN(C(=O)OCc2ccccc2)CC1c1cnc(Cl)s1. The first-order chi connectivity index (χ1) is 11.5. The molecule has 0 saturated carbocycles. The van der Waals surface area contributed by atoms with Gasteiger partial charge in [0.25, 0.3) is 0 Å². The number of carboxylic acids is 1. The lowest BCUT2D eigenvalue weighted by Crippen LogP contribution is -2.30. The van der Waals surface area contributed by atoms with E-state index in [2.05, 4.69) is 4.98 Å². The molecule has 1 aliphatic rings. The lowest BCUT2D eigenvalue weighted by Gasteiger charge is -2.15. The van der Waals surface area contributed by atoms with Crippen molar-refractivity contribution in [1.82, 2.24) is 9.88 Å². The molecule has 1 aliphatic heterocycles. The molecule has 6 nitrogen and oxygen atoms in total. The normalized spacial score (nSPS) is 20.1. The van der Waals surface area contributed by atoms with Crippen LogP contribution in [0.2, 0.25) is 4.47 Å². The fraction of sp³-hybridized carbons (Fsp3) is 0.312. The number of aromatic nitrogens is 1. The van der Waals surface area contributed by atoms with E-state index in [1.54, 1.807) is 6.20 Å². The second kappa shape index (κ2) is 7.19. The molecule has 24 heavy (non-hydrogen) atoms. The number of nitrogens with zero attached hydrogens (tertiary/aromatic N) is 2. The number of aliphatic carboxylic acids is 1. The molecule has 3 rings (SSSR count). The zero-order valence-electron chi connectivity index (χ0n) is 12.6. The largest absolute Gasteiger partial charge is 0.481 e. The van der Waals surface area contributed by atoms with Gasteiger partial charge in [-0.05, 0) is 5.56 Å². The molecule has 0 bridgehead atoms. The first kappa shape index (κ1) is 16.7. The van der Waals surface area contributed by atoms with Crippen LogP contribution in [-0.2, 0) is 16.1 Å². The molecule has 1 saturated heterocycles. The number of likely N-dealkylation sites (tertiary alicyclic amines) is 1. The van der Waals surface area contributed by atoms with E-state index in [9.17, 15) is 14.7 Å². The summed E-state index contributed by atoms with van der Waals surface area (Å²) in [5, 5.41) is 9.43. The minimum absolute atomic E-state index is 0.114. The van der Waals surface area contributed by atoms with Crippen LogP contribution in [0.5, 0.6) is 0 Å². The second-order valence-electron chi connectivity index (χ2n) is 5.51. The summed E-state index contributed by atoms with van der Waals surface area (Å²) in [7, 11) is 0. The lowest BCUT2D eigenvalue weighted by atomic mass is 9.95. The summed E-state index contributed by atoms with van der Waals surface area (Å²) in [5.41, 5.74) is 0.880. The molecule has 1 fully saturated rings. The molecular formula is C16H15ClN2O4S. The molecule has 0 radical (unpaired) electrons. The highest BCUT2D eigenvalue weighted by Gasteiger charge is 2.42. The number of hydrogen-bond donors (Lipinski definition) is 1. The van der Waals surface area contributed by atoms with Gasteiger partial charge in [-0.3, -0.25) is 4.79 Å². The number of benzene rings is 1. The summed E-state index contributed by atoms with van der Waals surface area (Å²) in [6, 6.07) is 9.33. The predicted molar refractivity (Wildman–Crippen MR) is 89.2 cm³/mol. The number of rotatable bonds is 4. The third-order valence-corrected chi connectivity index (χ3v) is 5.21. The summed E-state index contributed by atoms with van der Waals surface area (Å²) >= 11 is 7.08. The summed E-state index contributed by atoms with van der Waals surface area (Å²) in [5.74, 6) is -1.95. The Balaban J connectivity index is 1.66. The van der Waals surface area contributed by atoms with Crippen LogP contribution in [-0.4, -0.2) is 40.1 Å². The molecule has 1 aromatic carbocycles. The molecule has 0 aliphatic carbocycles. The Labute approximate surface area is 147 Å². The van der Waals surface area contributed by atoms with E-state index in [1.807, 2.05) is 30.3 Å². The number of carboxylic acid groups (broad SMARTS) is 1. The van der Waals surface area contributed by atoms with Crippen molar-refractivity contribution in [2.75, 3.05) is 13.1 Å². The van der Waals surface area contributed by atoms with Crippen molar-refractivity contribution in [2.45, 2.75) is 12.5 Å². The number of amides is 1. The lowest BCUT2D eigenvalue weighted by molar-refractivity contribution is -0.141. The average molecular weight is 367 g/mol. The first-order valence-corrected chi connectivity index (χ1v) is 8.53. The highest BCUT2D eigenvalue weighted by Crippen LogP contribution is 2.37. The molecule has 1 amide bonds. The Hall–Kier alpha value is -2.12. The number of hydrogen-bond acceptors (Lipinski definition) is 5. The summed E-state index contributed by atoms with van der Waals surface area (Å²) < 4.78 is 5.65. The van der Waals surface area contributed by atoms with E-state index in [-0.39, 0.29) is 25.6 Å². The zero-order chi connectivity index (χ0) is 17.1. The van der Waals surface area contributed by atoms with Crippen LogP contribution in [0, 0.1) is 5.92 Å². The third-order valence-electron chi connectivity index (χ3n) is 3.96. The van der Waals surface area contributed by atoms with Crippen molar-refractivity contribution in [1.29, 1.82) is 0 Å². The van der Waals surface area contributed by atoms with Gasteiger partial charge in [-0.25, -0.2) is 9.78 Å². The fourth-order valence-electron chi connectivity index (χ4n) is 2.74. The topological polar surface area (TPSA) is 79.7 Å². The van der Waals surface area contributed by atoms with Crippen LogP contribution in [0.4, 0.5) is 4.79 Å². The fourth-order valence-corrected chi connectivity index (χ4v) is 3.85. The van der Waals surface area contributed by atoms with Gasteiger partial charge < -0.3 is 14.7 Å². The Morgan fingerprint density at radius 1 is 1.33 bits per heavy atom. The second-order valence-corrected chi connectivity index (χ2v) is 7.16. The molecule has 8 heteroatoms. The maximum Gasteiger partial charge on any atom is 0.410 e. The van der Waals surface area contributed by atoms with Gasteiger partial charge in [-0.2, -0.15) is 0 Å². The molecule has 1 aromatic heterocycles. The van der Waals surface area contributed by atoms with Gasteiger partial charge in [-0.15, -0.1) is 11.3 Å². The first-order valence-electron chi connectivity index (χ1n) is 7.34. The standard InChI is InChI=1S/C16H15ClN2O4S/c17-15-18-6-13(24-15)11-7-19(8-12(11)14(20)21)16(22)23-9-10-4-2-1-3-5-10/h1-6,11-12H,7-9H2,(H,20,21). The highest BCUT2D eigenvalue weighted by molar-refractivity contribution is 7.15. The number of ether oxygens (including phenoxy) is 1. The smallest absolute Gasteiger partial charge is 0.410 e.